The average Bonchev–Trinajstić information content (AvgIpc) is 3.58. The highest BCUT2D eigenvalue weighted by Crippen LogP contribution is 2.45. The van der Waals surface area contributed by atoms with Gasteiger partial charge in [0.15, 0.2) is 6.10 Å². The fraction of sp³-hybridized carbons (Fsp3) is 0.439. The maximum atomic E-state index is 15.4. The summed E-state index contributed by atoms with van der Waals surface area (Å²) in [6, 6.07) is 7.10. The zero-order valence-electron chi connectivity index (χ0n) is 32.7. The van der Waals surface area contributed by atoms with Crippen LogP contribution in [0.15, 0.2) is 35.1 Å². The minimum atomic E-state index is -1.88. The minimum absolute atomic E-state index is 0.0512. The number of hydrogen-bond donors (Lipinski definition) is 7. The van der Waals surface area contributed by atoms with Crippen LogP contribution in [0.2, 0.25) is 0 Å². The Bertz CT molecular complexity index is 2400. The molecule has 18 heteroatoms. The minimum Gasteiger partial charge on any atom is -0.479 e. The number of fused-ring (bicyclic) bond motifs is 4. The number of amides is 1. The molecule has 1 aliphatic carbocycles. The summed E-state index contributed by atoms with van der Waals surface area (Å²) in [7, 11) is 1.67. The molecule has 59 heavy (non-hydrogen) atoms. The lowest BCUT2D eigenvalue weighted by Crippen LogP contribution is -2.61. The van der Waals surface area contributed by atoms with E-state index in [0.29, 0.717) is 62.9 Å². The van der Waals surface area contributed by atoms with Crippen molar-refractivity contribution in [3.8, 4) is 17.1 Å². The zero-order chi connectivity index (χ0) is 42.5. The van der Waals surface area contributed by atoms with Crippen LogP contribution in [-0.4, -0.2) is 91.4 Å². The van der Waals surface area contributed by atoms with E-state index in [4.69, 9.17) is 23.9 Å². The lowest BCUT2D eigenvalue weighted by molar-refractivity contribution is -0.271. The predicted molar refractivity (Wildman–Crippen MR) is 204 cm³/mol. The zero-order valence-corrected chi connectivity index (χ0v) is 32.7. The van der Waals surface area contributed by atoms with Gasteiger partial charge < -0.3 is 59.7 Å². The Hall–Kier alpha value is -5.50. The lowest BCUT2D eigenvalue weighted by Gasteiger charge is -2.38. The molecule has 7 N–H and O–H groups in total. The molecule has 2 aliphatic heterocycles. The number of carbonyl (C=O) groups is 3. The first-order valence-corrected chi connectivity index (χ1v) is 19.1. The first-order chi connectivity index (χ1) is 28.1. The molecule has 0 radical (unpaired) electrons. The summed E-state index contributed by atoms with van der Waals surface area (Å²) >= 11 is 0. The highest BCUT2D eigenvalue weighted by molar-refractivity contribution is 5.93. The van der Waals surface area contributed by atoms with Gasteiger partial charge in [-0.3, -0.25) is 9.59 Å². The molecule has 0 spiro atoms. The molecule has 0 bridgehead atoms. The Kier molecular flexibility index (Phi) is 11.5. The maximum Gasteiger partial charge on any atom is 0.407 e. The maximum absolute atomic E-state index is 15.4. The van der Waals surface area contributed by atoms with Crippen LogP contribution in [-0.2, 0) is 62.1 Å². The SMILES string of the molecule is CCC(C)(O)c1cc2n(c(=O)c1COC=O)Cc1c-2nc2cc(F)c(C)c3c2c1C(NC(=O)OCc1ccc(OC2OC(C(=O)O)C(O)C(O)C2O)c(CNC)c1)CC3. The van der Waals surface area contributed by atoms with Crippen molar-refractivity contribution in [3.63, 3.8) is 0 Å². The van der Waals surface area contributed by atoms with Crippen molar-refractivity contribution in [1.29, 1.82) is 0 Å². The van der Waals surface area contributed by atoms with E-state index in [9.17, 15) is 44.7 Å². The van der Waals surface area contributed by atoms with Gasteiger partial charge >= 0.3 is 12.1 Å². The summed E-state index contributed by atoms with van der Waals surface area (Å²) in [4.78, 5) is 55.2. The van der Waals surface area contributed by atoms with Gasteiger partial charge in [-0.1, -0.05) is 13.0 Å². The molecule has 2 aromatic carbocycles. The normalized spacial score (nSPS) is 22.9. The molecule has 2 aromatic heterocycles. The molecule has 7 unspecified atom stereocenters. The van der Waals surface area contributed by atoms with Gasteiger partial charge in [0.25, 0.3) is 12.0 Å². The van der Waals surface area contributed by atoms with Crippen molar-refractivity contribution in [2.45, 2.75) is 109 Å². The third-order valence-electron chi connectivity index (χ3n) is 11.5. The van der Waals surface area contributed by atoms with Gasteiger partial charge in [0.1, 0.15) is 43.1 Å². The standard InChI is InChI=1S/C41H45FN4O13/c1-5-41(3,55)24-11-28-32-22(14-46(28)37(51)23(24)16-56-17-47)31-26(8-7-21-18(2)25(42)12-27(44-32)30(21)31)45-40(54)57-15-19-6-9-29(20(10-19)13-43-4)58-39-35(50)33(48)34(49)36(59-39)38(52)53/h6,9-12,17,26,33-36,39,43,48-50,55H,5,7-8,13-16H2,1-4H3,(H,45,54)(H,52,53). The van der Waals surface area contributed by atoms with Crippen molar-refractivity contribution in [2.24, 2.45) is 0 Å². The summed E-state index contributed by atoms with van der Waals surface area (Å²) in [5, 5.41) is 58.1. The van der Waals surface area contributed by atoms with E-state index < -0.39 is 65.8 Å². The summed E-state index contributed by atoms with van der Waals surface area (Å²) in [6.07, 6.45) is -8.70. The average molecular weight is 821 g/mol. The molecule has 17 nitrogen and oxygen atoms in total. The molecule has 7 atom stereocenters. The number of carbonyl (C=O) groups excluding carboxylic acids is 2. The van der Waals surface area contributed by atoms with Gasteiger partial charge in [0, 0.05) is 29.1 Å². The number of aliphatic hydroxyl groups excluding tert-OH is 3. The number of halogens is 1. The molecule has 1 saturated heterocycles. The smallest absolute Gasteiger partial charge is 0.407 e. The van der Waals surface area contributed by atoms with Crippen molar-refractivity contribution >= 4 is 29.4 Å². The lowest BCUT2D eigenvalue weighted by atomic mass is 9.81. The first kappa shape index (κ1) is 41.7. The number of pyridine rings is 2. The number of aliphatic hydroxyl groups is 4. The Morgan fingerprint density at radius 2 is 1.88 bits per heavy atom. The van der Waals surface area contributed by atoms with Crippen LogP contribution in [0.25, 0.3) is 22.3 Å². The summed E-state index contributed by atoms with van der Waals surface area (Å²) in [5.74, 6) is -1.83. The number of alkyl carbamates (subject to hydrolysis) is 1. The second-order valence-electron chi connectivity index (χ2n) is 15.2. The molecule has 4 heterocycles. The first-order valence-electron chi connectivity index (χ1n) is 19.1. The monoisotopic (exact) mass is 820 g/mol. The van der Waals surface area contributed by atoms with Crippen LogP contribution in [0.4, 0.5) is 9.18 Å². The molecule has 4 aromatic rings. The van der Waals surface area contributed by atoms with E-state index in [1.54, 1.807) is 46.0 Å². The van der Waals surface area contributed by atoms with Gasteiger partial charge in [-0.05, 0) is 86.2 Å². The van der Waals surface area contributed by atoms with Crippen LogP contribution >= 0.6 is 0 Å². The highest BCUT2D eigenvalue weighted by atomic mass is 19.1. The number of benzene rings is 2. The second-order valence-corrected chi connectivity index (χ2v) is 15.2. The van der Waals surface area contributed by atoms with E-state index in [2.05, 4.69) is 10.6 Å². The van der Waals surface area contributed by atoms with Gasteiger partial charge in [-0.25, -0.2) is 19.0 Å². The molecule has 314 valence electrons. The number of aromatic nitrogens is 2. The van der Waals surface area contributed by atoms with Gasteiger partial charge in [0.2, 0.25) is 6.29 Å². The van der Waals surface area contributed by atoms with Crippen molar-refractivity contribution in [2.75, 3.05) is 7.05 Å². The number of rotatable bonds is 13. The topological polar surface area (TPSA) is 248 Å². The third-order valence-corrected chi connectivity index (χ3v) is 11.5. The molecular formula is C41H45FN4O13. The van der Waals surface area contributed by atoms with Gasteiger partial charge in [-0.2, -0.15) is 0 Å². The van der Waals surface area contributed by atoms with Crippen molar-refractivity contribution in [1.82, 2.24) is 20.2 Å². The quantitative estimate of drug-likeness (QED) is 0.0841. The largest absolute Gasteiger partial charge is 0.479 e. The summed E-state index contributed by atoms with van der Waals surface area (Å²) in [6.45, 7) is 4.96. The fourth-order valence-corrected chi connectivity index (χ4v) is 8.19. The van der Waals surface area contributed by atoms with Crippen LogP contribution < -0.4 is 20.9 Å². The van der Waals surface area contributed by atoms with Crippen LogP contribution in [0.3, 0.4) is 0 Å². The molecular weight excluding hydrogens is 775 g/mol. The van der Waals surface area contributed by atoms with E-state index in [1.165, 1.54) is 16.7 Å². The number of nitrogens with one attached hydrogen (secondary N) is 2. The number of hydrogen-bond acceptors (Lipinski definition) is 14. The number of ether oxygens (including phenoxy) is 4. The Morgan fingerprint density at radius 1 is 1.12 bits per heavy atom. The van der Waals surface area contributed by atoms with E-state index in [0.717, 1.165) is 5.56 Å². The fourth-order valence-electron chi connectivity index (χ4n) is 8.19. The van der Waals surface area contributed by atoms with Crippen LogP contribution in [0, 0.1) is 12.7 Å². The van der Waals surface area contributed by atoms with Gasteiger partial charge in [-0.15, -0.1) is 0 Å². The number of aryl methyl sites for hydroxylation is 1. The third kappa shape index (κ3) is 7.51. The predicted octanol–water partition coefficient (Wildman–Crippen LogP) is 2.07. The van der Waals surface area contributed by atoms with E-state index in [1.807, 2.05) is 0 Å². The number of carboxylic acids is 1. The Morgan fingerprint density at radius 3 is 2.58 bits per heavy atom. The second kappa shape index (κ2) is 16.3. The van der Waals surface area contributed by atoms with E-state index >= 15 is 4.39 Å². The van der Waals surface area contributed by atoms with Gasteiger partial charge in [0.05, 0.1) is 40.7 Å². The molecule has 0 saturated carbocycles. The summed E-state index contributed by atoms with van der Waals surface area (Å²) in [5.41, 5.74) is 3.12. The van der Waals surface area contributed by atoms with Crippen LogP contribution in [0.1, 0.15) is 77.2 Å². The highest BCUT2D eigenvalue weighted by Gasteiger charge is 2.48. The number of carboxylic acid groups (broad SMARTS) is 1. The van der Waals surface area contributed by atoms with E-state index in [-0.39, 0.29) is 56.1 Å². The Balaban J connectivity index is 1.17. The molecule has 1 fully saturated rings. The van der Waals surface area contributed by atoms with Crippen LogP contribution in [0.5, 0.6) is 5.75 Å². The number of aliphatic carboxylic acids is 1. The molecule has 7 rings (SSSR count). The molecule has 1 amide bonds. The Labute approximate surface area is 336 Å². The molecule has 3 aliphatic rings. The van der Waals surface area contributed by atoms with Crippen molar-refractivity contribution in [3.05, 3.63) is 91.0 Å². The van der Waals surface area contributed by atoms with Crippen molar-refractivity contribution < 1.29 is 63.3 Å². The summed E-state index contributed by atoms with van der Waals surface area (Å²) < 4.78 is 38.5. The number of nitrogens with zero attached hydrogens (tertiary/aromatic N) is 2.